The van der Waals surface area contributed by atoms with Crippen LogP contribution in [0.2, 0.25) is 0 Å². The monoisotopic (exact) mass is 390 g/mol. The van der Waals surface area contributed by atoms with Crippen LogP contribution in [0, 0.1) is 13.8 Å². The maximum Gasteiger partial charge on any atom is 0.240 e. The summed E-state index contributed by atoms with van der Waals surface area (Å²) in [5.41, 5.74) is 0.850. The predicted molar refractivity (Wildman–Crippen MR) is 101 cm³/mol. The highest BCUT2D eigenvalue weighted by Crippen LogP contribution is 2.24. The molecule has 0 unspecified atom stereocenters. The van der Waals surface area contributed by atoms with Gasteiger partial charge in [-0.15, -0.1) is 0 Å². The Morgan fingerprint density at radius 1 is 0.960 bits per heavy atom. The van der Waals surface area contributed by atoms with Crippen molar-refractivity contribution in [2.75, 3.05) is 19.3 Å². The average molecular weight is 391 g/mol. The van der Waals surface area contributed by atoms with Crippen LogP contribution >= 0.6 is 0 Å². The van der Waals surface area contributed by atoms with Crippen molar-refractivity contribution in [2.45, 2.75) is 63.4 Å². The Kier molecular flexibility index (Phi) is 7.21. The van der Waals surface area contributed by atoms with Crippen molar-refractivity contribution in [1.29, 1.82) is 0 Å². The second kappa shape index (κ2) is 8.16. The van der Waals surface area contributed by atoms with Gasteiger partial charge in [-0.25, -0.2) is 21.6 Å². The Hall–Kier alpha value is -0.960. The lowest BCUT2D eigenvalue weighted by Crippen LogP contribution is -2.42. The Balaban J connectivity index is 3.10. The van der Waals surface area contributed by atoms with E-state index in [0.717, 1.165) is 6.26 Å². The summed E-state index contributed by atoms with van der Waals surface area (Å²) in [6.45, 7) is 12.3. The molecule has 25 heavy (non-hydrogen) atoms. The fourth-order valence-electron chi connectivity index (χ4n) is 2.96. The second-order valence-electron chi connectivity index (χ2n) is 6.98. The first-order chi connectivity index (χ1) is 11.3. The zero-order valence-electron chi connectivity index (χ0n) is 16.1. The van der Waals surface area contributed by atoms with E-state index in [-0.39, 0.29) is 21.9 Å². The van der Waals surface area contributed by atoms with Gasteiger partial charge in [0.15, 0.2) is 9.84 Å². The minimum atomic E-state index is -3.78. The van der Waals surface area contributed by atoms with E-state index >= 15 is 0 Å². The molecule has 0 saturated heterocycles. The quantitative estimate of drug-likeness (QED) is 0.735. The summed E-state index contributed by atoms with van der Waals surface area (Å²) in [6.07, 6.45) is 1.09. The molecule has 0 spiro atoms. The zero-order chi connectivity index (χ0) is 19.6. The van der Waals surface area contributed by atoms with Gasteiger partial charge >= 0.3 is 0 Å². The number of sulfone groups is 1. The van der Waals surface area contributed by atoms with Crippen molar-refractivity contribution >= 4 is 19.9 Å². The SMILES string of the molecule is Cc1cc(S(C)(=O)=O)c(C)c(S(=O)(=O)NCCN(C(C)C)C(C)C)c1. The van der Waals surface area contributed by atoms with Crippen LogP contribution in [0.25, 0.3) is 0 Å². The van der Waals surface area contributed by atoms with E-state index in [0.29, 0.717) is 24.2 Å². The van der Waals surface area contributed by atoms with E-state index < -0.39 is 19.9 Å². The van der Waals surface area contributed by atoms with Crippen LogP contribution in [0.1, 0.15) is 38.8 Å². The summed E-state index contributed by atoms with van der Waals surface area (Å²) < 4.78 is 51.8. The number of rotatable bonds is 8. The molecular weight excluding hydrogens is 360 g/mol. The van der Waals surface area contributed by atoms with Crippen LogP contribution in [0.4, 0.5) is 0 Å². The van der Waals surface area contributed by atoms with Crippen molar-refractivity contribution in [3.05, 3.63) is 23.3 Å². The van der Waals surface area contributed by atoms with Gasteiger partial charge in [0.2, 0.25) is 10.0 Å². The van der Waals surface area contributed by atoms with E-state index in [1.807, 2.05) is 0 Å². The molecule has 1 rings (SSSR count). The predicted octanol–water partition coefficient (Wildman–Crippen LogP) is 2.10. The molecule has 1 aromatic carbocycles. The molecule has 0 aliphatic carbocycles. The molecule has 1 aromatic rings. The molecule has 144 valence electrons. The lowest BCUT2D eigenvalue weighted by molar-refractivity contribution is 0.179. The van der Waals surface area contributed by atoms with Crippen LogP contribution in [0.3, 0.4) is 0 Å². The number of aryl methyl sites for hydroxylation is 1. The van der Waals surface area contributed by atoms with Gasteiger partial charge in [0.05, 0.1) is 9.79 Å². The third kappa shape index (κ3) is 5.77. The molecule has 0 aliphatic heterocycles. The average Bonchev–Trinajstić information content (AvgIpc) is 2.43. The van der Waals surface area contributed by atoms with Crippen LogP contribution < -0.4 is 4.72 Å². The maximum atomic E-state index is 12.7. The number of benzene rings is 1. The van der Waals surface area contributed by atoms with Gasteiger partial charge in [-0.3, -0.25) is 4.90 Å². The van der Waals surface area contributed by atoms with Crippen molar-refractivity contribution in [1.82, 2.24) is 9.62 Å². The van der Waals surface area contributed by atoms with E-state index in [2.05, 4.69) is 37.3 Å². The minimum Gasteiger partial charge on any atom is -0.297 e. The number of nitrogens with one attached hydrogen (secondary N) is 1. The first-order valence-corrected chi connectivity index (χ1v) is 11.7. The minimum absolute atomic E-state index is 0.0218. The normalized spacial score (nSPS) is 13.2. The first-order valence-electron chi connectivity index (χ1n) is 8.34. The molecule has 0 atom stereocenters. The van der Waals surface area contributed by atoms with Gasteiger partial charge in [-0.2, -0.15) is 0 Å². The van der Waals surface area contributed by atoms with Crippen molar-refractivity contribution in [3.8, 4) is 0 Å². The molecule has 0 aliphatic rings. The van der Waals surface area contributed by atoms with Gasteiger partial charge in [0, 0.05) is 31.4 Å². The van der Waals surface area contributed by atoms with Crippen LogP contribution in [0.15, 0.2) is 21.9 Å². The van der Waals surface area contributed by atoms with Gasteiger partial charge in [-0.05, 0) is 64.8 Å². The molecule has 0 saturated carbocycles. The fourth-order valence-corrected chi connectivity index (χ4v) is 5.46. The summed E-state index contributed by atoms with van der Waals surface area (Å²) in [4.78, 5) is 2.26. The third-order valence-electron chi connectivity index (χ3n) is 4.13. The molecular formula is C17H30N2O4S2. The number of hydrogen-bond acceptors (Lipinski definition) is 5. The molecule has 0 radical (unpaired) electrons. The number of sulfonamides is 1. The van der Waals surface area contributed by atoms with Crippen molar-refractivity contribution in [3.63, 3.8) is 0 Å². The van der Waals surface area contributed by atoms with E-state index in [9.17, 15) is 16.8 Å². The molecule has 0 fully saturated rings. The molecule has 0 bridgehead atoms. The molecule has 1 N–H and O–H groups in total. The smallest absolute Gasteiger partial charge is 0.240 e. The maximum absolute atomic E-state index is 12.7. The third-order valence-corrected chi connectivity index (χ3v) is 6.94. The van der Waals surface area contributed by atoms with E-state index in [1.165, 1.54) is 19.1 Å². The lowest BCUT2D eigenvalue weighted by atomic mass is 10.2. The second-order valence-corrected chi connectivity index (χ2v) is 10.7. The Morgan fingerprint density at radius 2 is 1.44 bits per heavy atom. The molecule has 8 heteroatoms. The number of nitrogens with zero attached hydrogens (tertiary/aromatic N) is 1. The fraction of sp³-hybridized carbons (Fsp3) is 0.647. The molecule has 0 heterocycles. The highest BCUT2D eigenvalue weighted by molar-refractivity contribution is 7.91. The Bertz CT molecular complexity index is 805. The van der Waals surface area contributed by atoms with E-state index in [4.69, 9.17) is 0 Å². The van der Waals surface area contributed by atoms with Crippen LogP contribution in [-0.2, 0) is 19.9 Å². The topological polar surface area (TPSA) is 83.5 Å². The van der Waals surface area contributed by atoms with E-state index in [1.54, 1.807) is 6.92 Å². The van der Waals surface area contributed by atoms with Gasteiger partial charge < -0.3 is 0 Å². The van der Waals surface area contributed by atoms with Gasteiger partial charge in [0.1, 0.15) is 0 Å². The lowest BCUT2D eigenvalue weighted by Gasteiger charge is -2.30. The summed E-state index contributed by atoms with van der Waals surface area (Å²) in [7, 11) is -7.28. The van der Waals surface area contributed by atoms with Crippen LogP contribution in [0.5, 0.6) is 0 Å². The highest BCUT2D eigenvalue weighted by Gasteiger charge is 2.23. The molecule has 6 nitrogen and oxygen atoms in total. The highest BCUT2D eigenvalue weighted by atomic mass is 32.2. The summed E-state index contributed by atoms with van der Waals surface area (Å²) >= 11 is 0. The molecule has 0 amide bonds. The first kappa shape index (κ1) is 22.1. The Labute approximate surface area is 152 Å². The zero-order valence-corrected chi connectivity index (χ0v) is 17.8. The van der Waals surface area contributed by atoms with Crippen LogP contribution in [-0.4, -0.2) is 53.2 Å². The number of hydrogen-bond donors (Lipinski definition) is 1. The van der Waals surface area contributed by atoms with Crippen molar-refractivity contribution < 1.29 is 16.8 Å². The summed E-state index contributed by atoms with van der Waals surface area (Å²) in [5.74, 6) is 0. The van der Waals surface area contributed by atoms with Crippen molar-refractivity contribution in [2.24, 2.45) is 0 Å². The van der Waals surface area contributed by atoms with Gasteiger partial charge in [0.25, 0.3) is 0 Å². The summed E-state index contributed by atoms with van der Waals surface area (Å²) in [5, 5.41) is 0. The standard InChI is InChI=1S/C17H30N2O4S2/c1-12(2)19(13(3)4)9-8-18-25(22,23)17-11-14(5)10-16(15(17)6)24(7,20)21/h10-13,18H,8-9H2,1-7H3. The van der Waals surface area contributed by atoms with Gasteiger partial charge in [-0.1, -0.05) is 0 Å². The Morgan fingerprint density at radius 3 is 1.88 bits per heavy atom. The summed E-state index contributed by atoms with van der Waals surface area (Å²) in [6, 6.07) is 3.63. The molecule has 0 aromatic heterocycles. The largest absolute Gasteiger partial charge is 0.297 e.